The average molecular weight is 108 g/mol. The third-order valence-electron chi connectivity index (χ3n) is 0.830. The number of nitrogens with zero attached hydrogens (tertiary/aromatic N) is 1. The molecule has 41 valence electrons. The molecular weight excluding hydrogens is 102 g/mol. The van der Waals surface area contributed by atoms with Crippen LogP contribution in [0.5, 0.6) is 0 Å². The minimum Gasteiger partial charge on any atom is -0.390 e. The SMILES string of the molecule is OCc1ccc[c]n1. The van der Waals surface area contributed by atoms with Gasteiger partial charge in [0.15, 0.2) is 0 Å². The smallest absolute Gasteiger partial charge is 0.0890 e. The van der Waals surface area contributed by atoms with E-state index in [-0.39, 0.29) is 6.61 Å². The van der Waals surface area contributed by atoms with E-state index in [0.717, 1.165) is 0 Å². The summed E-state index contributed by atoms with van der Waals surface area (Å²) in [6, 6.07) is 5.23. The van der Waals surface area contributed by atoms with E-state index in [1.807, 2.05) is 0 Å². The van der Waals surface area contributed by atoms with Crippen molar-refractivity contribution in [2.24, 2.45) is 0 Å². The molecule has 0 saturated carbocycles. The van der Waals surface area contributed by atoms with Gasteiger partial charge < -0.3 is 5.11 Å². The lowest BCUT2D eigenvalue weighted by molar-refractivity contribution is 0.277. The van der Waals surface area contributed by atoms with Gasteiger partial charge in [-0.05, 0) is 12.1 Å². The molecule has 1 rings (SSSR count). The highest BCUT2D eigenvalue weighted by molar-refractivity contribution is 5.00. The summed E-state index contributed by atoms with van der Waals surface area (Å²) in [7, 11) is 0. The Hall–Kier alpha value is -0.890. The Morgan fingerprint density at radius 2 is 2.62 bits per heavy atom. The van der Waals surface area contributed by atoms with E-state index < -0.39 is 0 Å². The minimum atomic E-state index is -0.00264. The molecule has 0 unspecified atom stereocenters. The first-order chi connectivity index (χ1) is 3.93. The molecule has 1 N–H and O–H groups in total. The maximum atomic E-state index is 8.46. The van der Waals surface area contributed by atoms with Crippen molar-refractivity contribution < 1.29 is 5.11 Å². The molecule has 0 amide bonds. The molecule has 8 heavy (non-hydrogen) atoms. The predicted molar refractivity (Wildman–Crippen MR) is 29.0 cm³/mol. The predicted octanol–water partition coefficient (Wildman–Crippen LogP) is 0.374. The summed E-state index contributed by atoms with van der Waals surface area (Å²) in [5.74, 6) is 0. The standard InChI is InChI=1S/C6H6NO/c8-5-6-3-1-2-4-7-6/h1-3,8H,5H2. The maximum absolute atomic E-state index is 8.46. The molecule has 0 spiro atoms. The molecule has 1 heterocycles. The molecule has 0 bridgehead atoms. The number of rotatable bonds is 1. The van der Waals surface area contributed by atoms with E-state index in [4.69, 9.17) is 5.11 Å². The molecular formula is C6H6NO. The summed E-state index contributed by atoms with van der Waals surface area (Å²) >= 11 is 0. The van der Waals surface area contributed by atoms with Gasteiger partial charge in [-0.15, -0.1) is 0 Å². The lowest BCUT2D eigenvalue weighted by atomic mass is 10.4. The van der Waals surface area contributed by atoms with Crippen LogP contribution in [0.25, 0.3) is 0 Å². The molecule has 0 aliphatic carbocycles. The topological polar surface area (TPSA) is 33.1 Å². The highest BCUT2D eigenvalue weighted by Crippen LogP contribution is 1.89. The fraction of sp³-hybridized carbons (Fsp3) is 0.167. The van der Waals surface area contributed by atoms with Gasteiger partial charge in [-0.25, -0.2) is 4.98 Å². The third-order valence-corrected chi connectivity index (χ3v) is 0.830. The van der Waals surface area contributed by atoms with Crippen LogP contribution in [0.15, 0.2) is 18.2 Å². The summed E-state index contributed by atoms with van der Waals surface area (Å²) < 4.78 is 0. The fourth-order valence-electron chi connectivity index (χ4n) is 0.448. The number of aliphatic hydroxyl groups is 1. The van der Waals surface area contributed by atoms with Crippen molar-refractivity contribution in [2.75, 3.05) is 0 Å². The first-order valence-electron chi connectivity index (χ1n) is 2.36. The summed E-state index contributed by atoms with van der Waals surface area (Å²) in [5.41, 5.74) is 0.660. The molecule has 1 aromatic heterocycles. The lowest BCUT2D eigenvalue weighted by Crippen LogP contribution is -1.84. The van der Waals surface area contributed by atoms with Gasteiger partial charge in [0.2, 0.25) is 0 Å². The highest BCUT2D eigenvalue weighted by Gasteiger charge is 1.83. The molecule has 0 aromatic carbocycles. The van der Waals surface area contributed by atoms with E-state index in [0.29, 0.717) is 5.69 Å². The Labute approximate surface area is 47.8 Å². The van der Waals surface area contributed by atoms with Crippen LogP contribution < -0.4 is 0 Å². The van der Waals surface area contributed by atoms with E-state index in [2.05, 4.69) is 11.2 Å². The van der Waals surface area contributed by atoms with Crippen LogP contribution in [0.2, 0.25) is 0 Å². The van der Waals surface area contributed by atoms with E-state index in [1.165, 1.54) is 0 Å². The molecule has 2 heteroatoms. The minimum absolute atomic E-state index is 0.00264. The fourth-order valence-corrected chi connectivity index (χ4v) is 0.448. The third kappa shape index (κ3) is 1.04. The van der Waals surface area contributed by atoms with Gasteiger partial charge in [-0.1, -0.05) is 6.07 Å². The van der Waals surface area contributed by atoms with Crippen molar-refractivity contribution >= 4 is 0 Å². The van der Waals surface area contributed by atoms with Gasteiger partial charge >= 0.3 is 0 Å². The second-order valence-electron chi connectivity index (χ2n) is 1.42. The first-order valence-corrected chi connectivity index (χ1v) is 2.36. The van der Waals surface area contributed by atoms with Crippen LogP contribution in [0.3, 0.4) is 0 Å². The quantitative estimate of drug-likeness (QED) is 0.564. The lowest BCUT2D eigenvalue weighted by Gasteiger charge is -1.87. The zero-order valence-electron chi connectivity index (χ0n) is 4.33. The average Bonchev–Trinajstić information content (AvgIpc) is 1.90. The van der Waals surface area contributed by atoms with Crippen LogP contribution in [-0.4, -0.2) is 10.1 Å². The molecule has 0 saturated heterocycles. The van der Waals surface area contributed by atoms with Crippen molar-refractivity contribution in [3.05, 3.63) is 30.1 Å². The van der Waals surface area contributed by atoms with Crippen LogP contribution in [0.1, 0.15) is 5.69 Å². The van der Waals surface area contributed by atoms with Crippen LogP contribution in [0.4, 0.5) is 0 Å². The number of hydrogen-bond donors (Lipinski definition) is 1. The zero-order chi connectivity index (χ0) is 5.82. The molecule has 0 atom stereocenters. The molecule has 1 radical (unpaired) electrons. The summed E-state index contributed by atoms with van der Waals surface area (Å²) in [6.07, 6.45) is 2.60. The number of aromatic nitrogens is 1. The summed E-state index contributed by atoms with van der Waals surface area (Å²) in [5, 5.41) is 8.46. The Morgan fingerprint density at radius 1 is 1.75 bits per heavy atom. The first kappa shape index (κ1) is 5.25. The van der Waals surface area contributed by atoms with E-state index in [1.54, 1.807) is 18.2 Å². The Morgan fingerprint density at radius 3 is 3.00 bits per heavy atom. The highest BCUT2D eigenvalue weighted by atomic mass is 16.3. The van der Waals surface area contributed by atoms with Gasteiger partial charge in [0.1, 0.15) is 0 Å². The summed E-state index contributed by atoms with van der Waals surface area (Å²) in [4.78, 5) is 3.72. The second kappa shape index (κ2) is 2.43. The Bertz CT molecular complexity index is 150. The van der Waals surface area contributed by atoms with Crippen LogP contribution in [-0.2, 0) is 6.61 Å². The van der Waals surface area contributed by atoms with Gasteiger partial charge in [-0.2, -0.15) is 0 Å². The molecule has 0 aliphatic rings. The Kier molecular flexibility index (Phi) is 1.59. The van der Waals surface area contributed by atoms with Crippen molar-refractivity contribution in [3.8, 4) is 0 Å². The molecule has 0 fully saturated rings. The maximum Gasteiger partial charge on any atom is 0.0890 e. The monoisotopic (exact) mass is 108 g/mol. The van der Waals surface area contributed by atoms with Crippen LogP contribution >= 0.6 is 0 Å². The van der Waals surface area contributed by atoms with Crippen molar-refractivity contribution in [1.82, 2.24) is 4.98 Å². The van der Waals surface area contributed by atoms with Gasteiger partial charge in [0, 0.05) is 0 Å². The number of aliphatic hydroxyl groups excluding tert-OH is 1. The normalized spacial score (nSPS) is 9.12. The number of pyridine rings is 1. The largest absolute Gasteiger partial charge is 0.390 e. The zero-order valence-corrected chi connectivity index (χ0v) is 4.33. The Balaban J connectivity index is 2.83. The van der Waals surface area contributed by atoms with E-state index in [9.17, 15) is 0 Å². The van der Waals surface area contributed by atoms with Crippen molar-refractivity contribution in [2.45, 2.75) is 6.61 Å². The second-order valence-corrected chi connectivity index (χ2v) is 1.42. The number of hydrogen-bond acceptors (Lipinski definition) is 2. The van der Waals surface area contributed by atoms with Crippen LogP contribution in [0, 0.1) is 6.20 Å². The molecule has 0 aliphatic heterocycles. The molecule has 2 nitrogen and oxygen atoms in total. The van der Waals surface area contributed by atoms with Crippen molar-refractivity contribution in [3.63, 3.8) is 0 Å². The van der Waals surface area contributed by atoms with Gasteiger partial charge in [0.25, 0.3) is 0 Å². The summed E-state index contributed by atoms with van der Waals surface area (Å²) in [6.45, 7) is -0.00264. The van der Waals surface area contributed by atoms with Crippen molar-refractivity contribution in [1.29, 1.82) is 0 Å². The van der Waals surface area contributed by atoms with Gasteiger partial charge in [-0.3, -0.25) is 0 Å². The van der Waals surface area contributed by atoms with E-state index >= 15 is 0 Å². The molecule has 1 aromatic rings. The van der Waals surface area contributed by atoms with Gasteiger partial charge in [0.05, 0.1) is 18.5 Å².